The third-order valence-electron chi connectivity index (χ3n) is 9.73. The molecule has 7 heteroatoms. The minimum Gasteiger partial charge on any atom is -0.349 e. The second-order valence-corrected chi connectivity index (χ2v) is 12.8. The van der Waals surface area contributed by atoms with Crippen LogP contribution in [0.1, 0.15) is 28.7 Å². The molecule has 49 heavy (non-hydrogen) atoms. The van der Waals surface area contributed by atoms with Crippen LogP contribution in [0.25, 0.3) is 11.4 Å². The first kappa shape index (κ1) is 30.4. The second kappa shape index (κ2) is 12.6. The van der Waals surface area contributed by atoms with Gasteiger partial charge in [-0.05, 0) is 61.7 Å². The smallest absolute Gasteiger partial charge is 0.162 e. The number of hydrogen-bond donors (Lipinski definition) is 0. The first-order valence-corrected chi connectivity index (χ1v) is 16.8. The molecular formula is C42H39N7. The van der Waals surface area contributed by atoms with E-state index < -0.39 is 0 Å². The van der Waals surface area contributed by atoms with Crippen LogP contribution >= 0.6 is 0 Å². The zero-order valence-corrected chi connectivity index (χ0v) is 28.3. The summed E-state index contributed by atoms with van der Waals surface area (Å²) in [6, 6.07) is 46.6. The molecular weight excluding hydrogens is 603 g/mol. The summed E-state index contributed by atoms with van der Waals surface area (Å²) in [4.78, 5) is 17.4. The van der Waals surface area contributed by atoms with E-state index in [0.717, 1.165) is 56.9 Å². The maximum atomic E-state index is 5.43. The highest BCUT2D eigenvalue weighted by Crippen LogP contribution is 2.46. The lowest BCUT2D eigenvalue weighted by atomic mass is 10.1. The van der Waals surface area contributed by atoms with Gasteiger partial charge in [-0.15, -0.1) is 0 Å². The molecule has 0 amide bonds. The zero-order chi connectivity index (χ0) is 33.5. The Labute approximate surface area is 288 Å². The first-order chi connectivity index (χ1) is 24.0. The van der Waals surface area contributed by atoms with E-state index in [-0.39, 0.29) is 12.3 Å². The molecule has 242 valence electrons. The Morgan fingerprint density at radius 2 is 1.16 bits per heavy atom. The number of aromatic nitrogens is 2. The van der Waals surface area contributed by atoms with Gasteiger partial charge >= 0.3 is 0 Å². The van der Waals surface area contributed by atoms with E-state index in [4.69, 9.17) is 15.1 Å². The van der Waals surface area contributed by atoms with Gasteiger partial charge < -0.3 is 14.7 Å². The summed E-state index contributed by atoms with van der Waals surface area (Å²) >= 11 is 0. The number of rotatable bonds is 7. The predicted molar refractivity (Wildman–Crippen MR) is 202 cm³/mol. The number of fused-ring (bicyclic) bond motifs is 1. The fraction of sp³-hybridized carbons (Fsp3) is 0.167. The van der Waals surface area contributed by atoms with Gasteiger partial charge in [0.1, 0.15) is 18.0 Å². The van der Waals surface area contributed by atoms with Crippen LogP contribution in [0, 0.1) is 20.8 Å². The Balaban J connectivity index is 1.29. The van der Waals surface area contributed by atoms with Crippen LogP contribution in [0.15, 0.2) is 145 Å². The number of para-hydroxylation sites is 3. The third kappa shape index (κ3) is 5.37. The molecule has 0 fully saturated rings. The Hall–Kier alpha value is -5.95. The molecule has 5 aromatic carbocycles. The van der Waals surface area contributed by atoms with E-state index >= 15 is 0 Å². The number of hydrazone groups is 1. The molecule has 8 rings (SSSR count). The van der Waals surface area contributed by atoms with Gasteiger partial charge in [-0.1, -0.05) is 109 Å². The quantitative estimate of drug-likeness (QED) is 0.173. The van der Waals surface area contributed by atoms with Crippen molar-refractivity contribution >= 4 is 34.4 Å². The second-order valence-electron chi connectivity index (χ2n) is 12.8. The molecule has 0 saturated carbocycles. The molecule has 2 unspecified atom stereocenters. The average Bonchev–Trinajstić information content (AvgIpc) is 3.64. The van der Waals surface area contributed by atoms with Crippen LogP contribution < -0.4 is 19.7 Å². The lowest BCUT2D eigenvalue weighted by Gasteiger charge is -2.38. The molecule has 2 atom stereocenters. The van der Waals surface area contributed by atoms with Gasteiger partial charge in [0.25, 0.3) is 0 Å². The van der Waals surface area contributed by atoms with Crippen molar-refractivity contribution in [2.75, 3.05) is 26.8 Å². The summed E-state index contributed by atoms with van der Waals surface area (Å²) in [5.74, 6) is 2.56. The average molecular weight is 642 g/mol. The van der Waals surface area contributed by atoms with Crippen LogP contribution in [0.2, 0.25) is 0 Å². The van der Waals surface area contributed by atoms with Gasteiger partial charge in [0.05, 0.1) is 11.9 Å². The van der Waals surface area contributed by atoms with Crippen molar-refractivity contribution in [1.29, 1.82) is 0 Å². The molecule has 0 bridgehead atoms. The van der Waals surface area contributed by atoms with Crippen LogP contribution in [-0.2, 0) is 0 Å². The molecule has 0 N–H and O–H groups in total. The van der Waals surface area contributed by atoms with E-state index in [1.54, 1.807) is 0 Å². The van der Waals surface area contributed by atoms with Gasteiger partial charge in [0.15, 0.2) is 17.5 Å². The Morgan fingerprint density at radius 1 is 0.571 bits per heavy atom. The van der Waals surface area contributed by atoms with Crippen molar-refractivity contribution in [1.82, 2.24) is 9.97 Å². The summed E-state index contributed by atoms with van der Waals surface area (Å²) in [5, 5.41) is 7.66. The Bertz CT molecular complexity index is 2150. The molecule has 0 spiro atoms. The number of hydrogen-bond acceptors (Lipinski definition) is 7. The number of anilines is 5. The van der Waals surface area contributed by atoms with Crippen molar-refractivity contribution in [2.24, 2.45) is 5.10 Å². The highest BCUT2D eigenvalue weighted by molar-refractivity contribution is 6.12. The van der Waals surface area contributed by atoms with E-state index in [0.29, 0.717) is 6.42 Å². The van der Waals surface area contributed by atoms with Gasteiger partial charge in [0, 0.05) is 36.0 Å². The van der Waals surface area contributed by atoms with Crippen molar-refractivity contribution in [3.63, 3.8) is 0 Å². The fourth-order valence-corrected chi connectivity index (χ4v) is 7.16. The minimum absolute atomic E-state index is 0.0921. The van der Waals surface area contributed by atoms with E-state index in [9.17, 15) is 0 Å². The largest absolute Gasteiger partial charge is 0.349 e. The van der Waals surface area contributed by atoms with Gasteiger partial charge in [-0.25, -0.2) is 15.0 Å². The van der Waals surface area contributed by atoms with Gasteiger partial charge in [-0.3, -0.25) is 0 Å². The Morgan fingerprint density at radius 3 is 1.84 bits per heavy atom. The minimum atomic E-state index is -0.157. The molecule has 0 aliphatic carbocycles. The third-order valence-corrected chi connectivity index (χ3v) is 9.73. The zero-order valence-electron chi connectivity index (χ0n) is 28.3. The van der Waals surface area contributed by atoms with Crippen LogP contribution in [0.3, 0.4) is 0 Å². The summed E-state index contributed by atoms with van der Waals surface area (Å²) in [5.41, 5.74) is 9.93. The lowest BCUT2D eigenvalue weighted by molar-refractivity contribution is 0.516. The maximum absolute atomic E-state index is 5.43. The molecule has 2 aliphatic rings. The highest BCUT2D eigenvalue weighted by Gasteiger charge is 2.45. The summed E-state index contributed by atoms with van der Waals surface area (Å²) in [6.07, 6.45) is 2.45. The van der Waals surface area contributed by atoms with Crippen molar-refractivity contribution in [2.45, 2.75) is 39.5 Å². The van der Waals surface area contributed by atoms with Crippen LogP contribution in [0.4, 0.5) is 28.6 Å². The van der Waals surface area contributed by atoms with Crippen LogP contribution in [-0.4, -0.2) is 35.2 Å². The predicted octanol–water partition coefficient (Wildman–Crippen LogP) is 9.09. The number of nitrogens with zero attached hydrogens (tertiary/aromatic N) is 7. The van der Waals surface area contributed by atoms with Crippen molar-refractivity contribution in [3.05, 3.63) is 162 Å². The topological polar surface area (TPSA) is 51.1 Å². The standard InChI is InChI=1S/C42H39N7/c1-29-17-11-14-24-34(29)40-43-28-37-42(44-40)48(35-25-15-12-18-30(35)2)38(46(37)4)27-39-47(33-22-9-6-10-23-33)41(32-20-7-5-8-21-32)45-49(39)36-26-16-13-19-31(36)3/h5-26,28,38-39H,27H2,1-4H3. The molecule has 2 aliphatic heterocycles. The molecule has 6 aromatic rings. The number of benzene rings is 5. The fourth-order valence-electron chi connectivity index (χ4n) is 7.16. The molecule has 3 heterocycles. The molecule has 7 nitrogen and oxygen atoms in total. The Kier molecular flexibility index (Phi) is 7.80. The maximum Gasteiger partial charge on any atom is 0.162 e. The molecule has 1 aromatic heterocycles. The van der Waals surface area contributed by atoms with Crippen molar-refractivity contribution < 1.29 is 0 Å². The van der Waals surface area contributed by atoms with Crippen molar-refractivity contribution in [3.8, 4) is 11.4 Å². The van der Waals surface area contributed by atoms with Gasteiger partial charge in [0.2, 0.25) is 0 Å². The summed E-state index contributed by atoms with van der Waals surface area (Å²) in [7, 11) is 2.16. The monoisotopic (exact) mass is 641 g/mol. The normalized spacial score (nSPS) is 17.0. The molecule has 0 radical (unpaired) electrons. The lowest BCUT2D eigenvalue weighted by Crippen LogP contribution is -2.50. The SMILES string of the molecule is Cc1ccccc1-c1ncc2c(n1)N(c1ccccc1C)C(CC1N(c3ccccc3C)N=C(c3ccccc3)N1c1ccccc1)N2C. The number of aryl methyl sites for hydroxylation is 3. The van der Waals surface area contributed by atoms with E-state index in [2.05, 4.69) is 181 Å². The molecule has 0 saturated heterocycles. The van der Waals surface area contributed by atoms with E-state index in [1.807, 2.05) is 6.20 Å². The highest BCUT2D eigenvalue weighted by atomic mass is 15.6. The summed E-state index contributed by atoms with van der Waals surface area (Å²) in [6.45, 7) is 6.45. The van der Waals surface area contributed by atoms with E-state index in [1.165, 1.54) is 11.1 Å². The van der Waals surface area contributed by atoms with Gasteiger partial charge in [-0.2, -0.15) is 5.10 Å². The first-order valence-electron chi connectivity index (χ1n) is 16.8. The summed E-state index contributed by atoms with van der Waals surface area (Å²) < 4.78 is 0. The van der Waals surface area contributed by atoms with Crippen LogP contribution in [0.5, 0.6) is 0 Å². The number of amidine groups is 1.